The minimum atomic E-state index is -1.95. The van der Waals surface area contributed by atoms with E-state index in [9.17, 15) is 10.2 Å². The van der Waals surface area contributed by atoms with Crippen molar-refractivity contribution in [2.45, 2.75) is 57.5 Å². The van der Waals surface area contributed by atoms with Crippen LogP contribution in [0.4, 0.5) is 0 Å². The van der Waals surface area contributed by atoms with Gasteiger partial charge < -0.3 is 24.1 Å². The van der Waals surface area contributed by atoms with Gasteiger partial charge in [0.15, 0.2) is 15.1 Å². The smallest absolute Gasteiger partial charge is 0.191 e. The van der Waals surface area contributed by atoms with Gasteiger partial charge in [0.25, 0.3) is 0 Å². The molecule has 0 aromatic heterocycles. The van der Waals surface area contributed by atoms with E-state index in [1.54, 1.807) is 19.2 Å². The van der Waals surface area contributed by atoms with Crippen LogP contribution in [0.25, 0.3) is 0 Å². The second-order valence-electron chi connectivity index (χ2n) is 9.12. The highest BCUT2D eigenvalue weighted by Crippen LogP contribution is 2.41. The molecule has 6 heteroatoms. The van der Waals surface area contributed by atoms with Crippen molar-refractivity contribution in [1.29, 1.82) is 0 Å². The molecule has 1 unspecified atom stereocenters. The highest BCUT2D eigenvalue weighted by Gasteiger charge is 2.39. The van der Waals surface area contributed by atoms with Crippen molar-refractivity contribution in [1.82, 2.24) is 0 Å². The van der Waals surface area contributed by atoms with Gasteiger partial charge in [-0.1, -0.05) is 63.2 Å². The molecular formula is C24H36O5Si. The first-order chi connectivity index (χ1) is 14.0. The van der Waals surface area contributed by atoms with Crippen LogP contribution in [-0.2, 0) is 21.4 Å². The molecule has 0 spiro atoms. The first-order valence-corrected chi connectivity index (χ1v) is 13.2. The Bertz CT molecular complexity index is 801. The van der Waals surface area contributed by atoms with Crippen LogP contribution < -0.4 is 4.74 Å². The highest BCUT2D eigenvalue weighted by molar-refractivity contribution is 6.74. The zero-order chi connectivity index (χ0) is 22.4. The molecule has 0 fully saturated rings. The van der Waals surface area contributed by atoms with Gasteiger partial charge in [0.05, 0.1) is 6.61 Å². The van der Waals surface area contributed by atoms with Gasteiger partial charge in [-0.05, 0) is 35.3 Å². The molecule has 0 aliphatic rings. The molecule has 2 aromatic rings. The normalized spacial score (nSPS) is 14.4. The van der Waals surface area contributed by atoms with Gasteiger partial charge in [0, 0.05) is 25.7 Å². The number of benzene rings is 2. The molecule has 2 aromatic carbocycles. The Balaban J connectivity index is 2.43. The lowest BCUT2D eigenvalue weighted by Crippen LogP contribution is -2.42. The van der Waals surface area contributed by atoms with Crippen molar-refractivity contribution >= 4 is 8.32 Å². The van der Waals surface area contributed by atoms with Crippen LogP contribution in [0.2, 0.25) is 18.1 Å². The maximum absolute atomic E-state index is 11.9. The average Bonchev–Trinajstić information content (AvgIpc) is 2.71. The summed E-state index contributed by atoms with van der Waals surface area (Å²) in [6.45, 7) is 11.4. The SMILES string of the molecule is COCOc1cc(CO)ccc1C(O)(CCO[Si](C)(C)C(C)(C)C)c1ccccc1. The van der Waals surface area contributed by atoms with E-state index >= 15 is 0 Å². The molecule has 2 rings (SSSR count). The Morgan fingerprint density at radius 3 is 2.23 bits per heavy atom. The van der Waals surface area contributed by atoms with Crippen LogP contribution in [-0.4, -0.2) is 39.0 Å². The standard InChI is InChI=1S/C24H36O5Si/c1-23(2,3)30(5,6)29-15-14-24(26,20-10-8-7-9-11-20)21-13-12-19(17-25)16-22(21)28-18-27-4/h7-13,16,25-26H,14-15,17-18H2,1-6H3. The zero-order valence-corrected chi connectivity index (χ0v) is 20.1. The van der Waals surface area contributed by atoms with E-state index < -0.39 is 13.9 Å². The number of hydrogen-bond donors (Lipinski definition) is 2. The molecular weight excluding hydrogens is 396 g/mol. The van der Waals surface area contributed by atoms with Crippen molar-refractivity contribution in [2.75, 3.05) is 20.5 Å². The number of aliphatic hydroxyl groups is 2. The number of aliphatic hydroxyl groups excluding tert-OH is 1. The molecule has 5 nitrogen and oxygen atoms in total. The predicted octanol–water partition coefficient (Wildman–Crippen LogP) is 4.81. The van der Waals surface area contributed by atoms with E-state index in [1.807, 2.05) is 36.4 Å². The van der Waals surface area contributed by atoms with Crippen molar-refractivity contribution in [2.24, 2.45) is 0 Å². The first-order valence-electron chi connectivity index (χ1n) is 10.3. The molecule has 0 aliphatic heterocycles. The second-order valence-corrected chi connectivity index (χ2v) is 13.9. The molecule has 2 N–H and O–H groups in total. The van der Waals surface area contributed by atoms with Gasteiger partial charge in [-0.3, -0.25) is 0 Å². The first kappa shape index (κ1) is 24.6. The molecule has 166 valence electrons. The fourth-order valence-electron chi connectivity index (χ4n) is 3.07. The molecule has 0 amide bonds. The van der Waals surface area contributed by atoms with Gasteiger partial charge in [0.2, 0.25) is 0 Å². The molecule has 30 heavy (non-hydrogen) atoms. The maximum atomic E-state index is 11.9. The van der Waals surface area contributed by atoms with Crippen LogP contribution >= 0.6 is 0 Å². The molecule has 0 bridgehead atoms. The van der Waals surface area contributed by atoms with Gasteiger partial charge in [0.1, 0.15) is 11.4 Å². The quantitative estimate of drug-likeness (QED) is 0.417. The highest BCUT2D eigenvalue weighted by atomic mass is 28.4. The molecule has 0 saturated heterocycles. The summed E-state index contributed by atoms with van der Waals surface area (Å²) in [4.78, 5) is 0. The van der Waals surface area contributed by atoms with Crippen LogP contribution in [0.1, 0.15) is 43.9 Å². The summed E-state index contributed by atoms with van der Waals surface area (Å²) in [5.41, 5.74) is 0.795. The topological polar surface area (TPSA) is 68.2 Å². The lowest BCUT2D eigenvalue weighted by atomic mass is 9.83. The van der Waals surface area contributed by atoms with Crippen molar-refractivity contribution in [3.8, 4) is 5.75 Å². The summed E-state index contributed by atoms with van der Waals surface area (Å²) >= 11 is 0. The van der Waals surface area contributed by atoms with Gasteiger partial charge in [-0.2, -0.15) is 0 Å². The Morgan fingerprint density at radius 1 is 1.00 bits per heavy atom. The molecule has 0 heterocycles. The van der Waals surface area contributed by atoms with E-state index in [1.165, 1.54) is 0 Å². The van der Waals surface area contributed by atoms with Crippen LogP contribution in [0, 0.1) is 0 Å². The Morgan fingerprint density at radius 2 is 1.67 bits per heavy atom. The van der Waals surface area contributed by atoms with E-state index in [0.717, 1.165) is 5.56 Å². The summed E-state index contributed by atoms with van der Waals surface area (Å²) in [5, 5.41) is 21.6. The summed E-state index contributed by atoms with van der Waals surface area (Å²) in [6, 6.07) is 14.9. The van der Waals surface area contributed by atoms with Gasteiger partial charge >= 0.3 is 0 Å². The fraction of sp³-hybridized carbons (Fsp3) is 0.500. The van der Waals surface area contributed by atoms with Crippen molar-refractivity contribution in [3.05, 3.63) is 65.2 Å². The number of methoxy groups -OCH3 is 1. The molecule has 0 aliphatic carbocycles. The summed E-state index contributed by atoms with van der Waals surface area (Å²) in [6.07, 6.45) is 0.380. The minimum absolute atomic E-state index is 0.0488. The third kappa shape index (κ3) is 5.71. The lowest BCUT2D eigenvalue weighted by molar-refractivity contribution is 0.0315. The summed E-state index contributed by atoms with van der Waals surface area (Å²) < 4.78 is 17.2. The second kappa shape index (κ2) is 10.1. The van der Waals surface area contributed by atoms with E-state index in [4.69, 9.17) is 13.9 Å². The Hall–Kier alpha value is -1.70. The number of rotatable bonds is 10. The monoisotopic (exact) mass is 432 g/mol. The lowest BCUT2D eigenvalue weighted by Gasteiger charge is -2.38. The largest absolute Gasteiger partial charge is 0.467 e. The van der Waals surface area contributed by atoms with Crippen LogP contribution in [0.5, 0.6) is 5.75 Å². The fourth-order valence-corrected chi connectivity index (χ4v) is 4.11. The van der Waals surface area contributed by atoms with E-state index in [2.05, 4.69) is 33.9 Å². The Kier molecular flexibility index (Phi) is 8.25. The minimum Gasteiger partial charge on any atom is -0.467 e. The number of hydrogen-bond acceptors (Lipinski definition) is 5. The van der Waals surface area contributed by atoms with Crippen LogP contribution in [0.15, 0.2) is 48.5 Å². The number of ether oxygens (including phenoxy) is 2. The van der Waals surface area contributed by atoms with Crippen LogP contribution in [0.3, 0.4) is 0 Å². The third-order valence-corrected chi connectivity index (χ3v) is 10.5. The predicted molar refractivity (Wildman–Crippen MR) is 122 cm³/mol. The molecule has 0 saturated carbocycles. The zero-order valence-electron chi connectivity index (χ0n) is 19.1. The average molecular weight is 433 g/mol. The van der Waals surface area contributed by atoms with E-state index in [0.29, 0.717) is 29.9 Å². The van der Waals surface area contributed by atoms with Crippen molar-refractivity contribution in [3.63, 3.8) is 0 Å². The van der Waals surface area contributed by atoms with E-state index in [-0.39, 0.29) is 18.4 Å². The molecule has 1 atom stereocenters. The van der Waals surface area contributed by atoms with Gasteiger partial charge in [-0.25, -0.2) is 0 Å². The molecule has 0 radical (unpaired) electrons. The van der Waals surface area contributed by atoms with Crippen molar-refractivity contribution < 1.29 is 24.1 Å². The summed E-state index contributed by atoms with van der Waals surface area (Å²) in [7, 11) is -0.404. The Labute approximate surface area is 181 Å². The summed E-state index contributed by atoms with van der Waals surface area (Å²) in [5.74, 6) is 0.488. The van der Waals surface area contributed by atoms with Gasteiger partial charge in [-0.15, -0.1) is 0 Å². The maximum Gasteiger partial charge on any atom is 0.191 e. The third-order valence-electron chi connectivity index (χ3n) is 5.99.